The van der Waals surface area contributed by atoms with Crippen LogP contribution in [-0.2, 0) is 4.74 Å². The van der Waals surface area contributed by atoms with Crippen LogP contribution in [0.1, 0.15) is 12.6 Å². The quantitative estimate of drug-likeness (QED) is 0.741. The maximum atomic E-state index is 13.3. The second-order valence-corrected chi connectivity index (χ2v) is 3.73. The van der Waals surface area contributed by atoms with Crippen LogP contribution in [0.15, 0.2) is 11.0 Å². The van der Waals surface area contributed by atoms with Crippen LogP contribution in [-0.4, -0.2) is 33.5 Å². The van der Waals surface area contributed by atoms with E-state index < -0.39 is 42.4 Å². The average molecular weight is 247 g/mol. The van der Waals surface area contributed by atoms with Crippen LogP contribution in [0.3, 0.4) is 0 Å². The van der Waals surface area contributed by atoms with Gasteiger partial charge >= 0.3 is 5.69 Å². The fourth-order valence-corrected chi connectivity index (χ4v) is 1.69. The number of aliphatic hydroxyl groups excluding tert-OH is 1. The van der Waals surface area contributed by atoms with Gasteiger partial charge in [-0.15, -0.1) is 0 Å². The summed E-state index contributed by atoms with van der Waals surface area (Å²) in [5, 5.41) is 8.81. The van der Waals surface area contributed by atoms with Gasteiger partial charge in [-0.25, -0.2) is 13.6 Å². The molecule has 8 heteroatoms. The van der Waals surface area contributed by atoms with E-state index in [4.69, 9.17) is 15.6 Å². The van der Waals surface area contributed by atoms with E-state index in [0.29, 0.717) is 0 Å². The van der Waals surface area contributed by atoms with Gasteiger partial charge in [0.1, 0.15) is 18.5 Å². The summed E-state index contributed by atoms with van der Waals surface area (Å²) in [6, 6.07) is 0. The van der Waals surface area contributed by atoms with Crippen molar-refractivity contribution in [2.45, 2.75) is 24.9 Å². The molecule has 94 valence electrons. The number of aliphatic hydroxyl groups is 1. The summed E-state index contributed by atoms with van der Waals surface area (Å²) >= 11 is 0. The van der Waals surface area contributed by atoms with E-state index in [-0.39, 0.29) is 6.42 Å². The minimum absolute atomic E-state index is 0.143. The lowest BCUT2D eigenvalue weighted by Gasteiger charge is -2.14. The van der Waals surface area contributed by atoms with Gasteiger partial charge in [-0.1, -0.05) is 0 Å². The molecule has 17 heavy (non-hydrogen) atoms. The number of rotatable bonds is 2. The molecule has 3 N–H and O–H groups in total. The third kappa shape index (κ3) is 2.13. The number of halogens is 2. The number of alkyl halides is 1. The molecule has 0 aliphatic carbocycles. The Morgan fingerprint density at radius 3 is 3.00 bits per heavy atom. The molecular weight excluding hydrogens is 236 g/mol. The zero-order chi connectivity index (χ0) is 12.6. The molecule has 0 unspecified atom stereocenters. The van der Waals surface area contributed by atoms with Crippen LogP contribution in [0.2, 0.25) is 0 Å². The molecule has 0 saturated carbocycles. The molecule has 2 heterocycles. The lowest BCUT2D eigenvalue weighted by atomic mass is 10.2. The maximum Gasteiger partial charge on any atom is 0.351 e. The van der Waals surface area contributed by atoms with Crippen LogP contribution in [0, 0.1) is 5.82 Å². The van der Waals surface area contributed by atoms with Gasteiger partial charge in [-0.2, -0.15) is 4.98 Å². The maximum absolute atomic E-state index is 13.3. The molecule has 1 aliphatic rings. The Balaban J connectivity index is 2.30. The molecule has 1 aliphatic heterocycles. The Labute approximate surface area is 94.6 Å². The van der Waals surface area contributed by atoms with E-state index >= 15 is 0 Å². The van der Waals surface area contributed by atoms with E-state index in [0.717, 1.165) is 10.8 Å². The summed E-state index contributed by atoms with van der Waals surface area (Å²) in [7, 11) is 0. The van der Waals surface area contributed by atoms with Gasteiger partial charge in [0.2, 0.25) is 0 Å². The fraction of sp³-hybridized carbons (Fsp3) is 0.556. The Hall–Kier alpha value is -1.54. The third-order valence-electron chi connectivity index (χ3n) is 2.59. The van der Waals surface area contributed by atoms with Gasteiger partial charge in [-0.05, 0) is 0 Å². The molecule has 1 aromatic heterocycles. The number of ether oxygens (including phenoxy) is 1. The fourth-order valence-electron chi connectivity index (χ4n) is 1.69. The van der Waals surface area contributed by atoms with Gasteiger partial charge < -0.3 is 15.6 Å². The zero-order valence-corrected chi connectivity index (χ0v) is 8.72. The Bertz CT molecular complexity index is 479. The first kappa shape index (κ1) is 11.9. The van der Waals surface area contributed by atoms with Crippen molar-refractivity contribution in [1.82, 2.24) is 9.55 Å². The summed E-state index contributed by atoms with van der Waals surface area (Å²) < 4.78 is 32.3. The van der Waals surface area contributed by atoms with E-state index in [1.807, 2.05) is 0 Å². The van der Waals surface area contributed by atoms with E-state index in [2.05, 4.69) is 4.98 Å². The first-order valence-corrected chi connectivity index (χ1v) is 4.97. The van der Waals surface area contributed by atoms with Crippen molar-refractivity contribution in [2.75, 3.05) is 12.3 Å². The zero-order valence-electron chi connectivity index (χ0n) is 8.72. The number of aromatic nitrogens is 2. The lowest BCUT2D eigenvalue weighted by Crippen LogP contribution is -2.29. The van der Waals surface area contributed by atoms with E-state index in [9.17, 15) is 13.6 Å². The van der Waals surface area contributed by atoms with Crippen LogP contribution in [0.25, 0.3) is 0 Å². The van der Waals surface area contributed by atoms with Crippen molar-refractivity contribution < 1.29 is 18.6 Å². The largest absolute Gasteiger partial charge is 0.394 e. The standard InChI is InChI=1S/C9H11F2N3O3/c10-4-1-7(17-6(4)3-15)14-2-5(11)8(12)13-9(14)16/h2,4,6-7,15H,1,3H2,(H2,12,13,16)/t4-,6+,7+/m1/s1. The number of anilines is 1. The molecule has 1 aromatic rings. The molecule has 0 amide bonds. The van der Waals surface area contributed by atoms with Crippen molar-refractivity contribution in [3.05, 3.63) is 22.5 Å². The summed E-state index contributed by atoms with van der Waals surface area (Å²) in [4.78, 5) is 14.7. The molecule has 6 nitrogen and oxygen atoms in total. The number of hydrogen-bond donors (Lipinski definition) is 2. The van der Waals surface area contributed by atoms with Crippen molar-refractivity contribution in [3.8, 4) is 0 Å². The minimum atomic E-state index is -1.41. The molecule has 0 aromatic carbocycles. The minimum Gasteiger partial charge on any atom is -0.394 e. The Morgan fingerprint density at radius 1 is 1.71 bits per heavy atom. The molecular formula is C9H11F2N3O3. The highest BCUT2D eigenvalue weighted by molar-refractivity contribution is 5.26. The highest BCUT2D eigenvalue weighted by Crippen LogP contribution is 2.29. The third-order valence-corrected chi connectivity index (χ3v) is 2.59. The number of hydrogen-bond acceptors (Lipinski definition) is 5. The smallest absolute Gasteiger partial charge is 0.351 e. The predicted octanol–water partition coefficient (Wildman–Crippen LogP) is -0.418. The number of nitrogen functional groups attached to an aromatic ring is 1. The normalized spacial score (nSPS) is 28.5. The van der Waals surface area contributed by atoms with Crippen LogP contribution in [0.5, 0.6) is 0 Å². The second kappa shape index (κ2) is 4.38. The lowest BCUT2D eigenvalue weighted by molar-refractivity contribution is -0.0358. The average Bonchev–Trinajstić information content (AvgIpc) is 2.65. The second-order valence-electron chi connectivity index (χ2n) is 3.73. The van der Waals surface area contributed by atoms with Gasteiger partial charge in [0, 0.05) is 6.42 Å². The van der Waals surface area contributed by atoms with Crippen LogP contribution < -0.4 is 11.4 Å². The summed E-state index contributed by atoms with van der Waals surface area (Å²) in [5.74, 6) is -1.39. The highest BCUT2D eigenvalue weighted by Gasteiger charge is 2.36. The van der Waals surface area contributed by atoms with Crippen molar-refractivity contribution in [3.63, 3.8) is 0 Å². The molecule has 1 saturated heterocycles. The molecule has 1 fully saturated rings. The van der Waals surface area contributed by atoms with Gasteiger partial charge in [0.05, 0.1) is 12.8 Å². The molecule has 2 rings (SSSR count). The molecule has 3 atom stereocenters. The molecule has 0 bridgehead atoms. The number of nitrogens with two attached hydrogens (primary N) is 1. The summed E-state index contributed by atoms with van der Waals surface area (Å²) in [6.45, 7) is -0.503. The van der Waals surface area contributed by atoms with Crippen LogP contribution >= 0.6 is 0 Å². The Kier molecular flexibility index (Phi) is 3.07. The summed E-state index contributed by atoms with van der Waals surface area (Å²) in [5.41, 5.74) is 4.29. The predicted molar refractivity (Wildman–Crippen MR) is 53.4 cm³/mol. The highest BCUT2D eigenvalue weighted by atomic mass is 19.1. The molecule has 0 spiro atoms. The first-order valence-electron chi connectivity index (χ1n) is 4.97. The van der Waals surface area contributed by atoms with Gasteiger partial charge in [0.15, 0.2) is 11.6 Å². The van der Waals surface area contributed by atoms with E-state index in [1.54, 1.807) is 0 Å². The SMILES string of the molecule is Nc1nc(=O)n([C@@H]2C[C@@H](F)[C@H](CO)O2)cc1F. The number of nitrogens with zero attached hydrogens (tertiary/aromatic N) is 2. The van der Waals surface area contributed by atoms with Gasteiger partial charge in [-0.3, -0.25) is 4.57 Å². The first-order chi connectivity index (χ1) is 8.02. The van der Waals surface area contributed by atoms with Gasteiger partial charge in [0.25, 0.3) is 0 Å². The van der Waals surface area contributed by atoms with Crippen molar-refractivity contribution >= 4 is 5.82 Å². The Morgan fingerprint density at radius 2 is 2.41 bits per heavy atom. The monoisotopic (exact) mass is 247 g/mol. The summed E-state index contributed by atoms with van der Waals surface area (Å²) in [6.07, 6.45) is -2.71. The topological polar surface area (TPSA) is 90.4 Å². The van der Waals surface area contributed by atoms with Crippen molar-refractivity contribution in [2.24, 2.45) is 0 Å². The van der Waals surface area contributed by atoms with Crippen molar-refractivity contribution in [1.29, 1.82) is 0 Å². The molecule has 0 radical (unpaired) electrons. The van der Waals surface area contributed by atoms with Crippen LogP contribution in [0.4, 0.5) is 14.6 Å². The van der Waals surface area contributed by atoms with E-state index in [1.165, 1.54) is 0 Å².